The topological polar surface area (TPSA) is 59.2 Å². The molecule has 5 nitrogen and oxygen atoms in total. The molecule has 1 aromatic heterocycles. The minimum absolute atomic E-state index is 0.00257. The summed E-state index contributed by atoms with van der Waals surface area (Å²) < 4.78 is 5.07. The van der Waals surface area contributed by atoms with E-state index in [1.165, 1.54) is 6.92 Å². The molecule has 1 heterocycles. The van der Waals surface area contributed by atoms with E-state index in [1.54, 1.807) is 11.9 Å². The van der Waals surface area contributed by atoms with E-state index < -0.39 is 0 Å². The van der Waals surface area contributed by atoms with E-state index >= 15 is 0 Å². The lowest BCUT2D eigenvalue weighted by atomic mass is 10.4. The summed E-state index contributed by atoms with van der Waals surface area (Å²) in [4.78, 5) is 16.7. The second-order valence-corrected chi connectivity index (χ2v) is 3.70. The molecule has 0 atom stereocenters. The maximum Gasteiger partial charge on any atom is 0.229 e. The third kappa shape index (κ3) is 1.92. The van der Waals surface area contributed by atoms with Crippen molar-refractivity contribution in [2.24, 2.45) is 0 Å². The molecule has 1 saturated carbocycles. The van der Waals surface area contributed by atoms with Gasteiger partial charge in [0.05, 0.1) is 6.54 Å². The number of aromatic nitrogens is 2. The summed E-state index contributed by atoms with van der Waals surface area (Å²) in [6.45, 7) is 1.94. The SMILES string of the molecule is CC(=O)N(C)Cc1noc(C2CC2)n1. The molecule has 1 aromatic rings. The number of carbonyl (C=O) groups excluding carboxylic acids is 1. The van der Waals surface area contributed by atoms with Gasteiger partial charge in [0.15, 0.2) is 5.82 Å². The van der Waals surface area contributed by atoms with Gasteiger partial charge in [-0.3, -0.25) is 4.79 Å². The molecule has 0 bridgehead atoms. The van der Waals surface area contributed by atoms with E-state index in [0.717, 1.165) is 18.7 Å². The highest BCUT2D eigenvalue weighted by Crippen LogP contribution is 2.38. The van der Waals surface area contributed by atoms with Crippen LogP contribution in [0.5, 0.6) is 0 Å². The third-order valence-electron chi connectivity index (χ3n) is 2.33. The molecule has 1 amide bonds. The first kappa shape index (κ1) is 9.18. The van der Waals surface area contributed by atoms with Crippen LogP contribution in [-0.4, -0.2) is 28.0 Å². The number of hydrogen-bond acceptors (Lipinski definition) is 4. The largest absolute Gasteiger partial charge is 0.339 e. The minimum Gasteiger partial charge on any atom is -0.339 e. The zero-order chi connectivity index (χ0) is 10.1. The summed E-state index contributed by atoms with van der Waals surface area (Å²) in [6.07, 6.45) is 2.29. The molecule has 0 spiro atoms. The van der Waals surface area contributed by atoms with Crippen LogP contribution in [0, 0.1) is 0 Å². The van der Waals surface area contributed by atoms with Gasteiger partial charge in [-0.1, -0.05) is 5.16 Å². The van der Waals surface area contributed by atoms with E-state index in [9.17, 15) is 4.79 Å². The Morgan fingerprint density at radius 1 is 1.64 bits per heavy atom. The van der Waals surface area contributed by atoms with Gasteiger partial charge in [-0.15, -0.1) is 0 Å². The average Bonchev–Trinajstić information content (AvgIpc) is 2.88. The van der Waals surface area contributed by atoms with Crippen LogP contribution in [0.15, 0.2) is 4.52 Å². The fraction of sp³-hybridized carbons (Fsp3) is 0.667. The fourth-order valence-electron chi connectivity index (χ4n) is 1.15. The van der Waals surface area contributed by atoms with Crippen molar-refractivity contribution in [2.45, 2.75) is 32.2 Å². The normalized spacial score (nSPS) is 15.6. The molecule has 5 heteroatoms. The van der Waals surface area contributed by atoms with Crippen molar-refractivity contribution in [1.29, 1.82) is 0 Å². The Bertz CT molecular complexity index is 344. The number of amides is 1. The highest BCUT2D eigenvalue weighted by atomic mass is 16.5. The number of nitrogens with zero attached hydrogens (tertiary/aromatic N) is 3. The molecule has 1 aliphatic carbocycles. The first-order valence-corrected chi connectivity index (χ1v) is 4.71. The summed E-state index contributed by atoms with van der Waals surface area (Å²) >= 11 is 0. The Balaban J connectivity index is 1.98. The molecule has 0 unspecified atom stereocenters. The van der Waals surface area contributed by atoms with Gasteiger partial charge < -0.3 is 9.42 Å². The van der Waals surface area contributed by atoms with Crippen molar-refractivity contribution < 1.29 is 9.32 Å². The van der Waals surface area contributed by atoms with Crippen molar-refractivity contribution in [3.05, 3.63) is 11.7 Å². The van der Waals surface area contributed by atoms with Crippen LogP contribution in [0.1, 0.15) is 37.4 Å². The second kappa shape index (κ2) is 3.40. The number of hydrogen-bond donors (Lipinski definition) is 0. The number of rotatable bonds is 3. The van der Waals surface area contributed by atoms with Gasteiger partial charge in [0.1, 0.15) is 0 Å². The van der Waals surface area contributed by atoms with Gasteiger partial charge in [0, 0.05) is 19.9 Å². The number of carbonyl (C=O) groups is 1. The molecule has 0 saturated heterocycles. The zero-order valence-corrected chi connectivity index (χ0v) is 8.36. The molecule has 0 aromatic carbocycles. The van der Waals surface area contributed by atoms with Crippen LogP contribution in [-0.2, 0) is 11.3 Å². The quantitative estimate of drug-likeness (QED) is 0.719. The molecule has 14 heavy (non-hydrogen) atoms. The predicted octanol–water partition coefficient (Wildman–Crippen LogP) is 0.925. The lowest BCUT2D eigenvalue weighted by Gasteiger charge is -2.10. The first-order chi connectivity index (χ1) is 6.66. The van der Waals surface area contributed by atoms with Crippen LogP contribution in [0.25, 0.3) is 0 Å². The maximum atomic E-state index is 10.9. The second-order valence-electron chi connectivity index (χ2n) is 3.70. The van der Waals surface area contributed by atoms with Crippen LogP contribution < -0.4 is 0 Å². The van der Waals surface area contributed by atoms with Gasteiger partial charge in [-0.05, 0) is 12.8 Å². The van der Waals surface area contributed by atoms with Crippen molar-refractivity contribution in [2.75, 3.05) is 7.05 Å². The maximum absolute atomic E-state index is 10.9. The Labute approximate surface area is 82.1 Å². The molecule has 76 valence electrons. The lowest BCUT2D eigenvalue weighted by Crippen LogP contribution is -2.23. The summed E-state index contributed by atoms with van der Waals surface area (Å²) in [5.74, 6) is 1.78. The van der Waals surface area contributed by atoms with E-state index in [-0.39, 0.29) is 5.91 Å². The average molecular weight is 195 g/mol. The molecule has 2 rings (SSSR count). The highest BCUT2D eigenvalue weighted by molar-refractivity contribution is 5.72. The molecule has 0 radical (unpaired) electrons. The fourth-order valence-corrected chi connectivity index (χ4v) is 1.15. The highest BCUT2D eigenvalue weighted by Gasteiger charge is 2.29. The summed E-state index contributed by atoms with van der Waals surface area (Å²) in [6, 6.07) is 0. The Hall–Kier alpha value is -1.39. The lowest BCUT2D eigenvalue weighted by molar-refractivity contribution is -0.128. The molecular formula is C9H13N3O2. The summed E-state index contributed by atoms with van der Waals surface area (Å²) in [7, 11) is 1.72. The van der Waals surface area contributed by atoms with Crippen molar-refractivity contribution in [3.8, 4) is 0 Å². The Morgan fingerprint density at radius 2 is 2.36 bits per heavy atom. The predicted molar refractivity (Wildman–Crippen MR) is 48.4 cm³/mol. The third-order valence-corrected chi connectivity index (χ3v) is 2.33. The van der Waals surface area contributed by atoms with Crippen molar-refractivity contribution in [3.63, 3.8) is 0 Å². The van der Waals surface area contributed by atoms with E-state index in [2.05, 4.69) is 10.1 Å². The minimum atomic E-state index is 0.00257. The zero-order valence-electron chi connectivity index (χ0n) is 8.36. The van der Waals surface area contributed by atoms with E-state index in [0.29, 0.717) is 18.3 Å². The molecular weight excluding hydrogens is 182 g/mol. The molecule has 1 fully saturated rings. The Kier molecular flexibility index (Phi) is 2.23. The molecule has 1 aliphatic rings. The van der Waals surface area contributed by atoms with Crippen LogP contribution in [0.3, 0.4) is 0 Å². The van der Waals surface area contributed by atoms with Gasteiger partial charge in [0.25, 0.3) is 0 Å². The van der Waals surface area contributed by atoms with Gasteiger partial charge in [-0.25, -0.2) is 0 Å². The first-order valence-electron chi connectivity index (χ1n) is 4.71. The van der Waals surface area contributed by atoms with E-state index in [1.807, 2.05) is 0 Å². The van der Waals surface area contributed by atoms with Crippen LogP contribution in [0.2, 0.25) is 0 Å². The van der Waals surface area contributed by atoms with Crippen molar-refractivity contribution in [1.82, 2.24) is 15.0 Å². The summed E-state index contributed by atoms with van der Waals surface area (Å²) in [5, 5.41) is 3.82. The van der Waals surface area contributed by atoms with E-state index in [4.69, 9.17) is 4.52 Å². The van der Waals surface area contributed by atoms with Crippen molar-refractivity contribution >= 4 is 5.91 Å². The molecule has 0 N–H and O–H groups in total. The van der Waals surface area contributed by atoms with Gasteiger partial charge >= 0.3 is 0 Å². The van der Waals surface area contributed by atoms with Crippen LogP contribution in [0.4, 0.5) is 0 Å². The monoisotopic (exact) mass is 195 g/mol. The molecule has 0 aliphatic heterocycles. The summed E-state index contributed by atoms with van der Waals surface area (Å²) in [5.41, 5.74) is 0. The van der Waals surface area contributed by atoms with Crippen LogP contribution >= 0.6 is 0 Å². The Morgan fingerprint density at radius 3 is 2.93 bits per heavy atom. The standard InChI is InChI=1S/C9H13N3O2/c1-6(13)12(2)5-8-10-9(14-11-8)7-3-4-7/h7H,3-5H2,1-2H3. The smallest absolute Gasteiger partial charge is 0.229 e. The van der Waals surface area contributed by atoms with Gasteiger partial charge in [-0.2, -0.15) is 4.98 Å². The van der Waals surface area contributed by atoms with Gasteiger partial charge in [0.2, 0.25) is 11.8 Å².